The second kappa shape index (κ2) is 6.18. The average Bonchev–Trinajstić information content (AvgIpc) is 3.06. The molecule has 0 bridgehead atoms. The number of hydrogen-bond acceptors (Lipinski definition) is 5. The Morgan fingerprint density at radius 3 is 2.96 bits per heavy atom. The molecule has 0 fully saturated rings. The van der Waals surface area contributed by atoms with Gasteiger partial charge in [-0.05, 0) is 30.3 Å². The van der Waals surface area contributed by atoms with Gasteiger partial charge in [-0.2, -0.15) is 5.10 Å². The number of esters is 1. The Hall–Kier alpha value is -2.93. The number of carbonyl (C=O) groups is 1. The highest BCUT2D eigenvalue weighted by Gasteiger charge is 2.12. The number of rotatable bonds is 3. The highest BCUT2D eigenvalue weighted by molar-refractivity contribution is 9.10. The van der Waals surface area contributed by atoms with Crippen LogP contribution >= 0.6 is 15.9 Å². The number of ether oxygens (including phenoxy) is 1. The van der Waals surface area contributed by atoms with Crippen molar-refractivity contribution in [3.63, 3.8) is 0 Å². The van der Waals surface area contributed by atoms with Crippen molar-refractivity contribution >= 4 is 43.8 Å². The van der Waals surface area contributed by atoms with Gasteiger partial charge < -0.3 is 9.15 Å². The molecule has 2 heterocycles. The van der Waals surface area contributed by atoms with Gasteiger partial charge in [0.05, 0.1) is 17.3 Å². The monoisotopic (exact) mass is 398 g/mol. The topological polar surface area (TPSA) is 85.2 Å². The van der Waals surface area contributed by atoms with Crippen LogP contribution in [0.4, 0.5) is 0 Å². The Kier molecular flexibility index (Phi) is 3.85. The smallest absolute Gasteiger partial charge is 0.338 e. The van der Waals surface area contributed by atoms with Crippen LogP contribution in [0.25, 0.3) is 21.9 Å². The van der Waals surface area contributed by atoms with E-state index in [0.29, 0.717) is 16.7 Å². The SMILES string of the molecule is O=C(OCc1cc(=O)oc2cc(Br)ccc12)c1ccc2cn[nH]c2c1. The van der Waals surface area contributed by atoms with Gasteiger partial charge in [-0.1, -0.05) is 22.0 Å². The van der Waals surface area contributed by atoms with E-state index in [1.807, 2.05) is 12.1 Å². The fourth-order valence-electron chi connectivity index (χ4n) is 2.61. The summed E-state index contributed by atoms with van der Waals surface area (Å²) >= 11 is 3.34. The van der Waals surface area contributed by atoms with Crippen LogP contribution in [0, 0.1) is 0 Å². The Morgan fingerprint density at radius 1 is 1.20 bits per heavy atom. The van der Waals surface area contributed by atoms with Crippen molar-refractivity contribution in [2.45, 2.75) is 6.61 Å². The minimum atomic E-state index is -0.490. The second-order valence-electron chi connectivity index (χ2n) is 5.48. The summed E-state index contributed by atoms with van der Waals surface area (Å²) < 4.78 is 11.3. The predicted octanol–water partition coefficient (Wildman–Crippen LogP) is 3.79. The highest BCUT2D eigenvalue weighted by atomic mass is 79.9. The predicted molar refractivity (Wildman–Crippen MR) is 95.4 cm³/mol. The zero-order valence-corrected chi connectivity index (χ0v) is 14.4. The molecule has 0 unspecified atom stereocenters. The van der Waals surface area contributed by atoms with Gasteiger partial charge in [0.25, 0.3) is 0 Å². The standard InChI is InChI=1S/C18H11BrN2O4/c19-13-3-4-14-12(6-17(22)25-16(14)7-13)9-24-18(23)10-1-2-11-8-20-21-15(11)5-10/h1-8H,9H2,(H,20,21). The first-order valence-corrected chi connectivity index (χ1v) is 8.22. The molecule has 0 aliphatic rings. The summed E-state index contributed by atoms with van der Waals surface area (Å²) in [6.45, 7) is -0.0242. The summed E-state index contributed by atoms with van der Waals surface area (Å²) in [7, 11) is 0. The summed E-state index contributed by atoms with van der Waals surface area (Å²) in [6, 6.07) is 11.8. The first kappa shape index (κ1) is 15.6. The van der Waals surface area contributed by atoms with Gasteiger partial charge in [-0.3, -0.25) is 5.10 Å². The fraction of sp³-hybridized carbons (Fsp3) is 0.0556. The quantitative estimate of drug-likeness (QED) is 0.419. The van der Waals surface area contributed by atoms with Crippen LogP contribution in [-0.2, 0) is 11.3 Å². The Balaban J connectivity index is 1.61. The van der Waals surface area contributed by atoms with Crippen molar-refractivity contribution in [3.8, 4) is 0 Å². The second-order valence-corrected chi connectivity index (χ2v) is 6.39. The molecule has 0 amide bonds. The van der Waals surface area contributed by atoms with Gasteiger partial charge in [0, 0.05) is 26.9 Å². The van der Waals surface area contributed by atoms with Gasteiger partial charge in [0.2, 0.25) is 0 Å². The maximum atomic E-state index is 12.3. The zero-order chi connectivity index (χ0) is 17.4. The average molecular weight is 399 g/mol. The summed E-state index contributed by atoms with van der Waals surface area (Å²) in [5.41, 5.74) is 1.70. The number of fused-ring (bicyclic) bond motifs is 2. The molecule has 0 aliphatic carbocycles. The van der Waals surface area contributed by atoms with E-state index in [9.17, 15) is 9.59 Å². The normalized spacial score (nSPS) is 11.1. The van der Waals surface area contributed by atoms with Crippen LogP contribution in [0.2, 0.25) is 0 Å². The molecule has 0 atom stereocenters. The molecule has 7 heteroatoms. The Labute approximate surface area is 149 Å². The van der Waals surface area contributed by atoms with E-state index in [0.717, 1.165) is 20.8 Å². The number of aromatic amines is 1. The van der Waals surface area contributed by atoms with Crippen molar-refractivity contribution in [1.82, 2.24) is 10.2 Å². The number of aromatic nitrogens is 2. The third kappa shape index (κ3) is 3.06. The minimum Gasteiger partial charge on any atom is -0.457 e. The number of benzene rings is 2. The molecule has 124 valence electrons. The largest absolute Gasteiger partial charge is 0.457 e. The van der Waals surface area contributed by atoms with Crippen molar-refractivity contribution in [2.24, 2.45) is 0 Å². The van der Waals surface area contributed by atoms with E-state index >= 15 is 0 Å². The number of halogens is 1. The lowest BCUT2D eigenvalue weighted by atomic mass is 10.1. The Morgan fingerprint density at radius 2 is 2.08 bits per heavy atom. The highest BCUT2D eigenvalue weighted by Crippen LogP contribution is 2.22. The maximum absolute atomic E-state index is 12.3. The van der Waals surface area contributed by atoms with E-state index in [1.165, 1.54) is 6.07 Å². The van der Waals surface area contributed by atoms with Crippen LogP contribution in [0.5, 0.6) is 0 Å². The molecule has 0 saturated heterocycles. The lowest BCUT2D eigenvalue weighted by molar-refractivity contribution is 0.0474. The van der Waals surface area contributed by atoms with Crippen LogP contribution in [-0.4, -0.2) is 16.2 Å². The van der Waals surface area contributed by atoms with Gasteiger partial charge in [-0.25, -0.2) is 9.59 Å². The molecule has 2 aromatic heterocycles. The van der Waals surface area contributed by atoms with Crippen molar-refractivity contribution in [3.05, 3.63) is 74.7 Å². The lowest BCUT2D eigenvalue weighted by Crippen LogP contribution is -2.08. The third-order valence-corrected chi connectivity index (χ3v) is 4.32. The van der Waals surface area contributed by atoms with Crippen LogP contribution in [0.15, 0.2) is 62.3 Å². The molecule has 25 heavy (non-hydrogen) atoms. The summed E-state index contributed by atoms with van der Waals surface area (Å²) in [5, 5.41) is 8.36. The molecule has 1 N–H and O–H groups in total. The molecule has 0 aliphatic heterocycles. The van der Waals surface area contributed by atoms with Gasteiger partial charge in [-0.15, -0.1) is 0 Å². The number of hydrogen-bond donors (Lipinski definition) is 1. The number of H-pyrrole nitrogens is 1. The fourth-order valence-corrected chi connectivity index (χ4v) is 2.95. The molecule has 0 radical (unpaired) electrons. The van der Waals surface area contributed by atoms with Crippen LogP contribution in [0.1, 0.15) is 15.9 Å². The van der Waals surface area contributed by atoms with E-state index in [4.69, 9.17) is 9.15 Å². The number of nitrogens with one attached hydrogen (secondary N) is 1. The lowest BCUT2D eigenvalue weighted by Gasteiger charge is -2.07. The zero-order valence-electron chi connectivity index (χ0n) is 12.8. The molecular formula is C18H11BrN2O4. The summed E-state index contributed by atoms with van der Waals surface area (Å²) in [4.78, 5) is 24.0. The van der Waals surface area contributed by atoms with Crippen molar-refractivity contribution < 1.29 is 13.9 Å². The Bertz CT molecular complexity index is 1160. The van der Waals surface area contributed by atoms with E-state index in [2.05, 4.69) is 26.1 Å². The summed E-state index contributed by atoms with van der Waals surface area (Å²) in [6.07, 6.45) is 1.68. The first-order valence-electron chi connectivity index (χ1n) is 7.43. The van der Waals surface area contributed by atoms with E-state index < -0.39 is 11.6 Å². The van der Waals surface area contributed by atoms with Gasteiger partial charge in [0.1, 0.15) is 12.2 Å². The van der Waals surface area contributed by atoms with Crippen molar-refractivity contribution in [1.29, 1.82) is 0 Å². The number of nitrogens with zero attached hydrogens (tertiary/aromatic N) is 1. The van der Waals surface area contributed by atoms with Crippen molar-refractivity contribution in [2.75, 3.05) is 0 Å². The minimum absolute atomic E-state index is 0.0242. The van der Waals surface area contributed by atoms with E-state index in [1.54, 1.807) is 30.5 Å². The molecule has 6 nitrogen and oxygen atoms in total. The maximum Gasteiger partial charge on any atom is 0.338 e. The summed E-state index contributed by atoms with van der Waals surface area (Å²) in [5.74, 6) is -0.477. The van der Waals surface area contributed by atoms with Gasteiger partial charge >= 0.3 is 11.6 Å². The molecule has 0 saturated carbocycles. The molecule has 0 spiro atoms. The molecule has 4 aromatic rings. The first-order chi connectivity index (χ1) is 12.1. The van der Waals surface area contributed by atoms with E-state index in [-0.39, 0.29) is 6.61 Å². The van der Waals surface area contributed by atoms with Gasteiger partial charge in [0.15, 0.2) is 0 Å². The molecular weight excluding hydrogens is 388 g/mol. The molecule has 4 rings (SSSR count). The van der Waals surface area contributed by atoms with Crippen LogP contribution in [0.3, 0.4) is 0 Å². The third-order valence-electron chi connectivity index (χ3n) is 3.83. The number of carbonyl (C=O) groups excluding carboxylic acids is 1. The van der Waals surface area contributed by atoms with Crippen LogP contribution < -0.4 is 5.63 Å². The molecule has 2 aromatic carbocycles.